The maximum absolute atomic E-state index is 12.3. The molecular formula is C19H23N3O3. The van der Waals surface area contributed by atoms with Crippen LogP contribution in [0.4, 0.5) is 11.4 Å². The Balaban J connectivity index is 1.77. The van der Waals surface area contributed by atoms with Crippen molar-refractivity contribution < 1.29 is 14.1 Å². The van der Waals surface area contributed by atoms with Crippen LogP contribution in [-0.4, -0.2) is 23.5 Å². The number of aryl methyl sites for hydroxylation is 2. The number of aromatic nitrogens is 1. The van der Waals surface area contributed by atoms with Crippen molar-refractivity contribution in [3.63, 3.8) is 0 Å². The first-order chi connectivity index (χ1) is 11.9. The molecule has 1 aromatic carbocycles. The van der Waals surface area contributed by atoms with Crippen molar-refractivity contribution in [2.45, 2.75) is 40.0 Å². The van der Waals surface area contributed by atoms with Gasteiger partial charge in [-0.2, -0.15) is 0 Å². The largest absolute Gasteiger partial charge is 0.361 e. The molecule has 1 aliphatic rings. The van der Waals surface area contributed by atoms with E-state index in [0.717, 1.165) is 24.2 Å². The molecule has 0 atom stereocenters. The summed E-state index contributed by atoms with van der Waals surface area (Å²) < 4.78 is 4.93. The van der Waals surface area contributed by atoms with Crippen LogP contribution in [0.5, 0.6) is 0 Å². The van der Waals surface area contributed by atoms with E-state index in [-0.39, 0.29) is 17.5 Å². The third kappa shape index (κ3) is 3.90. The fourth-order valence-electron chi connectivity index (χ4n) is 2.94. The molecule has 0 saturated heterocycles. The molecule has 1 N–H and O–H groups in total. The number of rotatable bonds is 5. The minimum absolute atomic E-state index is 0.169. The first kappa shape index (κ1) is 17.2. The lowest BCUT2D eigenvalue weighted by molar-refractivity contribution is -0.118. The van der Waals surface area contributed by atoms with E-state index in [4.69, 9.17) is 4.52 Å². The van der Waals surface area contributed by atoms with Gasteiger partial charge in [-0.1, -0.05) is 19.0 Å². The van der Waals surface area contributed by atoms with Crippen molar-refractivity contribution >= 4 is 23.2 Å². The molecule has 1 aromatic heterocycles. The highest BCUT2D eigenvalue weighted by molar-refractivity contribution is 6.03. The second kappa shape index (κ2) is 7.09. The Labute approximate surface area is 147 Å². The molecule has 2 aromatic rings. The Kier molecular flexibility index (Phi) is 4.88. The molecule has 0 bridgehead atoms. The summed E-state index contributed by atoms with van der Waals surface area (Å²) in [5, 5.41) is 6.56. The lowest BCUT2D eigenvalue weighted by Gasteiger charge is -2.30. The molecular weight excluding hydrogens is 318 g/mol. The van der Waals surface area contributed by atoms with Crippen LogP contribution in [0.15, 0.2) is 28.8 Å². The summed E-state index contributed by atoms with van der Waals surface area (Å²) in [6.07, 6.45) is 2.17. The summed E-state index contributed by atoms with van der Waals surface area (Å²) in [5.74, 6) is 1.00. The molecule has 0 spiro atoms. The normalized spacial score (nSPS) is 13.9. The zero-order chi connectivity index (χ0) is 18.0. The van der Waals surface area contributed by atoms with Crippen molar-refractivity contribution in [3.05, 3.63) is 41.3 Å². The van der Waals surface area contributed by atoms with Crippen LogP contribution < -0.4 is 10.2 Å². The Morgan fingerprint density at radius 3 is 2.80 bits per heavy atom. The van der Waals surface area contributed by atoms with E-state index in [9.17, 15) is 9.59 Å². The molecule has 2 amide bonds. The molecule has 6 nitrogen and oxygen atoms in total. The quantitative estimate of drug-likeness (QED) is 0.902. The number of hydrogen-bond donors (Lipinski definition) is 1. The van der Waals surface area contributed by atoms with Gasteiger partial charge in [-0.05, 0) is 49.4 Å². The monoisotopic (exact) mass is 341 g/mol. The second-order valence-electron chi connectivity index (χ2n) is 6.85. The minimum Gasteiger partial charge on any atom is -0.361 e. The van der Waals surface area contributed by atoms with Gasteiger partial charge in [0.05, 0.1) is 0 Å². The zero-order valence-electron chi connectivity index (χ0n) is 14.8. The summed E-state index contributed by atoms with van der Waals surface area (Å²) in [6, 6.07) is 7.27. The van der Waals surface area contributed by atoms with E-state index >= 15 is 0 Å². The molecule has 132 valence electrons. The van der Waals surface area contributed by atoms with Gasteiger partial charge < -0.3 is 14.7 Å². The van der Waals surface area contributed by atoms with Crippen molar-refractivity contribution in [3.8, 4) is 0 Å². The standard InChI is InChI=1S/C19H23N3O3/c1-12(2)8-9-22-17-6-5-15(11-14(17)4-7-18(22)23)20-19(24)16-10-13(3)25-21-16/h5-6,10-12H,4,7-9H2,1-3H3,(H,20,24). The minimum atomic E-state index is -0.305. The van der Waals surface area contributed by atoms with E-state index in [2.05, 4.69) is 24.3 Å². The number of benzene rings is 1. The number of nitrogens with one attached hydrogen (secondary N) is 1. The molecule has 3 rings (SSSR count). The van der Waals surface area contributed by atoms with E-state index in [1.807, 2.05) is 23.1 Å². The van der Waals surface area contributed by atoms with E-state index in [0.29, 0.717) is 30.2 Å². The van der Waals surface area contributed by atoms with Crippen molar-refractivity contribution in [2.75, 3.05) is 16.8 Å². The number of hydrogen-bond acceptors (Lipinski definition) is 4. The number of fused-ring (bicyclic) bond motifs is 1. The Morgan fingerprint density at radius 2 is 2.12 bits per heavy atom. The van der Waals surface area contributed by atoms with Crippen LogP contribution in [0.3, 0.4) is 0 Å². The summed E-state index contributed by atoms with van der Waals surface area (Å²) in [6.45, 7) is 6.78. The smallest absolute Gasteiger partial charge is 0.277 e. The van der Waals surface area contributed by atoms with Crippen LogP contribution >= 0.6 is 0 Å². The first-order valence-corrected chi connectivity index (χ1v) is 8.62. The second-order valence-corrected chi connectivity index (χ2v) is 6.85. The van der Waals surface area contributed by atoms with Crippen LogP contribution in [0.1, 0.15) is 48.5 Å². The molecule has 0 saturated carbocycles. The van der Waals surface area contributed by atoms with Gasteiger partial charge in [-0.15, -0.1) is 0 Å². The molecule has 25 heavy (non-hydrogen) atoms. The molecule has 2 heterocycles. The summed E-state index contributed by atoms with van der Waals surface area (Å²) >= 11 is 0. The molecule has 0 fully saturated rings. The topological polar surface area (TPSA) is 75.4 Å². The molecule has 0 aliphatic carbocycles. The Morgan fingerprint density at radius 1 is 1.32 bits per heavy atom. The highest BCUT2D eigenvalue weighted by Crippen LogP contribution is 2.31. The Hall–Kier alpha value is -2.63. The summed E-state index contributed by atoms with van der Waals surface area (Å²) in [4.78, 5) is 26.3. The lowest BCUT2D eigenvalue weighted by atomic mass is 9.99. The van der Waals surface area contributed by atoms with Gasteiger partial charge in [-0.25, -0.2) is 0 Å². The van der Waals surface area contributed by atoms with Gasteiger partial charge >= 0.3 is 0 Å². The van der Waals surface area contributed by atoms with E-state index < -0.39 is 0 Å². The van der Waals surface area contributed by atoms with Crippen LogP contribution in [0.25, 0.3) is 0 Å². The maximum Gasteiger partial charge on any atom is 0.277 e. The third-order valence-electron chi connectivity index (χ3n) is 4.33. The lowest BCUT2D eigenvalue weighted by Crippen LogP contribution is -2.36. The van der Waals surface area contributed by atoms with E-state index in [1.54, 1.807) is 13.0 Å². The van der Waals surface area contributed by atoms with Crippen LogP contribution in [0.2, 0.25) is 0 Å². The number of carbonyl (C=O) groups is 2. The van der Waals surface area contributed by atoms with Crippen LogP contribution in [0, 0.1) is 12.8 Å². The van der Waals surface area contributed by atoms with Gasteiger partial charge in [0.15, 0.2) is 5.69 Å². The van der Waals surface area contributed by atoms with Crippen LogP contribution in [-0.2, 0) is 11.2 Å². The number of carbonyl (C=O) groups excluding carboxylic acids is 2. The Bertz CT molecular complexity index is 795. The molecule has 6 heteroatoms. The molecule has 1 aliphatic heterocycles. The van der Waals surface area contributed by atoms with Gasteiger partial charge in [0, 0.05) is 30.4 Å². The van der Waals surface area contributed by atoms with Gasteiger partial charge in [0.2, 0.25) is 5.91 Å². The summed E-state index contributed by atoms with van der Waals surface area (Å²) in [7, 11) is 0. The number of amides is 2. The highest BCUT2D eigenvalue weighted by Gasteiger charge is 2.24. The SMILES string of the molecule is Cc1cc(C(=O)Nc2ccc3c(c2)CCC(=O)N3CCC(C)C)no1. The summed E-state index contributed by atoms with van der Waals surface area (Å²) in [5.41, 5.74) is 2.98. The van der Waals surface area contributed by atoms with Gasteiger partial charge in [0.25, 0.3) is 5.91 Å². The zero-order valence-corrected chi connectivity index (χ0v) is 14.8. The van der Waals surface area contributed by atoms with Gasteiger partial charge in [0.1, 0.15) is 5.76 Å². The highest BCUT2D eigenvalue weighted by atomic mass is 16.5. The van der Waals surface area contributed by atoms with E-state index in [1.165, 1.54) is 0 Å². The fraction of sp³-hybridized carbons (Fsp3) is 0.421. The fourth-order valence-corrected chi connectivity index (χ4v) is 2.94. The average molecular weight is 341 g/mol. The predicted octanol–water partition coefficient (Wildman–Crippen LogP) is 3.56. The number of anilines is 2. The number of nitrogens with zero attached hydrogens (tertiary/aromatic N) is 2. The predicted molar refractivity (Wildman–Crippen MR) is 95.8 cm³/mol. The molecule has 0 radical (unpaired) electrons. The average Bonchev–Trinajstić information content (AvgIpc) is 3.00. The first-order valence-electron chi connectivity index (χ1n) is 8.62. The van der Waals surface area contributed by atoms with Crippen molar-refractivity contribution in [1.82, 2.24) is 5.16 Å². The van der Waals surface area contributed by atoms with Crippen molar-refractivity contribution in [2.24, 2.45) is 5.92 Å². The van der Waals surface area contributed by atoms with Gasteiger partial charge in [-0.3, -0.25) is 9.59 Å². The van der Waals surface area contributed by atoms with Crippen molar-refractivity contribution in [1.29, 1.82) is 0 Å². The third-order valence-corrected chi connectivity index (χ3v) is 4.33. The molecule has 0 unspecified atom stereocenters. The maximum atomic E-state index is 12.3.